The molecule has 1 aromatic carbocycles. The zero-order valence-electron chi connectivity index (χ0n) is 11.7. The fourth-order valence-corrected chi connectivity index (χ4v) is 2.63. The van der Waals surface area contributed by atoms with Crippen LogP contribution in [-0.2, 0) is 0 Å². The summed E-state index contributed by atoms with van der Waals surface area (Å²) in [5, 5.41) is 6.95. The Balaban J connectivity index is 1.83. The zero-order chi connectivity index (χ0) is 14.7. The van der Waals surface area contributed by atoms with Gasteiger partial charge >= 0.3 is 5.63 Å². The van der Waals surface area contributed by atoms with Gasteiger partial charge in [0, 0.05) is 18.0 Å². The lowest BCUT2D eigenvalue weighted by Gasteiger charge is -2.16. The molecule has 1 aliphatic heterocycles. The minimum Gasteiger partial charge on any atom is -0.422 e. The molecule has 0 radical (unpaired) electrons. The van der Waals surface area contributed by atoms with E-state index in [4.69, 9.17) is 4.42 Å². The van der Waals surface area contributed by atoms with Crippen molar-refractivity contribution in [2.75, 3.05) is 13.1 Å². The topological polar surface area (TPSA) is 71.3 Å². The highest BCUT2D eigenvalue weighted by molar-refractivity contribution is 5.96. The first-order chi connectivity index (χ1) is 10.2. The first-order valence-corrected chi connectivity index (χ1v) is 7.28. The molecule has 0 aliphatic carbocycles. The standard InChI is InChI=1S/C16H18N2O3/c19-15(18-12-6-3-4-8-17-10-12)13-9-11-5-1-2-7-14(11)21-16(13)20/h1-2,5,7,9,12,17H,3-4,6,8,10H2,(H,18,19). The Bertz CT molecular complexity index is 700. The van der Waals surface area contributed by atoms with Crippen molar-refractivity contribution in [1.29, 1.82) is 0 Å². The van der Waals surface area contributed by atoms with Gasteiger partial charge in [-0.05, 0) is 31.5 Å². The van der Waals surface area contributed by atoms with Crippen LogP contribution in [0.3, 0.4) is 0 Å². The van der Waals surface area contributed by atoms with E-state index in [2.05, 4.69) is 10.6 Å². The second kappa shape index (κ2) is 6.10. The van der Waals surface area contributed by atoms with Crippen LogP contribution in [0.2, 0.25) is 0 Å². The van der Waals surface area contributed by atoms with Crippen molar-refractivity contribution in [3.63, 3.8) is 0 Å². The largest absolute Gasteiger partial charge is 0.422 e. The number of amides is 1. The molecule has 1 fully saturated rings. The highest BCUT2D eigenvalue weighted by Gasteiger charge is 2.18. The van der Waals surface area contributed by atoms with Crippen LogP contribution in [0, 0.1) is 0 Å². The van der Waals surface area contributed by atoms with E-state index in [0.717, 1.165) is 37.7 Å². The van der Waals surface area contributed by atoms with Gasteiger partial charge in [-0.3, -0.25) is 4.79 Å². The molecule has 2 heterocycles. The first-order valence-electron chi connectivity index (χ1n) is 7.28. The normalized spacial score (nSPS) is 19.1. The number of rotatable bonds is 2. The van der Waals surface area contributed by atoms with E-state index >= 15 is 0 Å². The molecule has 5 heteroatoms. The van der Waals surface area contributed by atoms with Crippen molar-refractivity contribution in [2.24, 2.45) is 0 Å². The lowest BCUT2D eigenvalue weighted by molar-refractivity contribution is 0.0932. The summed E-state index contributed by atoms with van der Waals surface area (Å²) in [6.45, 7) is 1.72. The molecule has 2 aromatic rings. The van der Waals surface area contributed by atoms with E-state index in [1.165, 1.54) is 0 Å². The van der Waals surface area contributed by atoms with Gasteiger partial charge in [-0.15, -0.1) is 0 Å². The highest BCUT2D eigenvalue weighted by atomic mass is 16.4. The van der Waals surface area contributed by atoms with Gasteiger partial charge in [-0.2, -0.15) is 0 Å². The number of carbonyl (C=O) groups is 1. The van der Waals surface area contributed by atoms with Crippen LogP contribution in [0.1, 0.15) is 29.6 Å². The van der Waals surface area contributed by atoms with Crippen LogP contribution in [0.4, 0.5) is 0 Å². The number of para-hydroxylation sites is 1. The summed E-state index contributed by atoms with van der Waals surface area (Å²) in [6, 6.07) is 8.84. The van der Waals surface area contributed by atoms with Gasteiger partial charge in [0.05, 0.1) is 0 Å². The minimum absolute atomic E-state index is 0.0610. The van der Waals surface area contributed by atoms with E-state index in [0.29, 0.717) is 5.58 Å². The fraction of sp³-hybridized carbons (Fsp3) is 0.375. The lowest BCUT2D eigenvalue weighted by Crippen LogP contribution is -2.42. The second-order valence-electron chi connectivity index (χ2n) is 5.36. The molecule has 1 aliphatic rings. The average Bonchev–Trinajstić information content (AvgIpc) is 2.75. The van der Waals surface area contributed by atoms with Crippen molar-refractivity contribution in [1.82, 2.24) is 10.6 Å². The Morgan fingerprint density at radius 3 is 3.05 bits per heavy atom. The second-order valence-corrected chi connectivity index (χ2v) is 5.36. The Labute approximate surface area is 122 Å². The third kappa shape index (κ3) is 3.13. The van der Waals surface area contributed by atoms with Crippen LogP contribution in [0.25, 0.3) is 11.0 Å². The molecule has 21 heavy (non-hydrogen) atoms. The zero-order valence-corrected chi connectivity index (χ0v) is 11.7. The molecule has 1 amide bonds. The van der Waals surface area contributed by atoms with Crippen molar-refractivity contribution in [3.05, 3.63) is 46.3 Å². The minimum atomic E-state index is -0.590. The molecule has 1 saturated heterocycles. The first kappa shape index (κ1) is 13.8. The molecular weight excluding hydrogens is 268 g/mol. The fourth-order valence-electron chi connectivity index (χ4n) is 2.63. The summed E-state index contributed by atoms with van der Waals surface area (Å²) < 4.78 is 5.20. The van der Waals surface area contributed by atoms with Crippen LogP contribution in [-0.4, -0.2) is 25.0 Å². The third-order valence-corrected chi connectivity index (χ3v) is 3.77. The van der Waals surface area contributed by atoms with Crippen molar-refractivity contribution in [2.45, 2.75) is 25.3 Å². The molecule has 0 saturated carbocycles. The Kier molecular flexibility index (Phi) is 4.01. The van der Waals surface area contributed by atoms with Crippen LogP contribution >= 0.6 is 0 Å². The van der Waals surface area contributed by atoms with Crippen LogP contribution in [0.5, 0.6) is 0 Å². The number of hydrogen-bond donors (Lipinski definition) is 2. The van der Waals surface area contributed by atoms with Gasteiger partial charge in [0.15, 0.2) is 0 Å². The molecule has 5 nitrogen and oxygen atoms in total. The van der Waals surface area contributed by atoms with Gasteiger partial charge in [-0.25, -0.2) is 4.79 Å². The predicted molar refractivity (Wildman–Crippen MR) is 80.5 cm³/mol. The molecule has 0 spiro atoms. The quantitative estimate of drug-likeness (QED) is 0.824. The maximum Gasteiger partial charge on any atom is 0.349 e. The van der Waals surface area contributed by atoms with Gasteiger partial charge in [0.25, 0.3) is 5.91 Å². The summed E-state index contributed by atoms with van der Waals surface area (Å²) in [7, 11) is 0. The van der Waals surface area contributed by atoms with Gasteiger partial charge < -0.3 is 15.1 Å². The Morgan fingerprint density at radius 2 is 2.14 bits per heavy atom. The van der Waals surface area contributed by atoms with Gasteiger partial charge in [0.1, 0.15) is 11.1 Å². The monoisotopic (exact) mass is 286 g/mol. The van der Waals surface area contributed by atoms with Gasteiger partial charge in [0.2, 0.25) is 0 Å². The van der Waals surface area contributed by atoms with Crippen molar-refractivity contribution >= 4 is 16.9 Å². The molecular formula is C16H18N2O3. The summed E-state index contributed by atoms with van der Waals surface area (Å²) in [4.78, 5) is 24.2. The number of fused-ring (bicyclic) bond motifs is 1. The number of hydrogen-bond acceptors (Lipinski definition) is 4. The molecule has 1 unspecified atom stereocenters. The summed E-state index contributed by atoms with van der Waals surface area (Å²) in [6.07, 6.45) is 3.12. The highest BCUT2D eigenvalue weighted by Crippen LogP contribution is 2.13. The lowest BCUT2D eigenvalue weighted by atomic mass is 10.1. The molecule has 3 rings (SSSR count). The van der Waals surface area contributed by atoms with Crippen molar-refractivity contribution < 1.29 is 9.21 Å². The van der Waals surface area contributed by atoms with Crippen molar-refractivity contribution in [3.8, 4) is 0 Å². The summed E-state index contributed by atoms with van der Waals surface area (Å²) in [5.41, 5.74) is -0.0269. The number of nitrogens with one attached hydrogen (secondary N) is 2. The number of carbonyl (C=O) groups excluding carboxylic acids is 1. The smallest absolute Gasteiger partial charge is 0.349 e. The number of benzene rings is 1. The third-order valence-electron chi connectivity index (χ3n) is 3.77. The Morgan fingerprint density at radius 1 is 1.29 bits per heavy atom. The molecule has 1 aromatic heterocycles. The average molecular weight is 286 g/mol. The SMILES string of the molecule is O=C(NC1CCCCNC1)c1cc2ccccc2oc1=O. The van der Waals surface area contributed by atoms with E-state index in [1.54, 1.807) is 18.2 Å². The maximum atomic E-state index is 12.3. The molecule has 2 N–H and O–H groups in total. The maximum absolute atomic E-state index is 12.3. The van der Waals surface area contributed by atoms with E-state index < -0.39 is 5.63 Å². The Hall–Kier alpha value is -2.14. The molecule has 110 valence electrons. The van der Waals surface area contributed by atoms with E-state index in [-0.39, 0.29) is 17.5 Å². The predicted octanol–water partition coefficient (Wildman–Crippen LogP) is 1.66. The van der Waals surface area contributed by atoms with Crippen LogP contribution in [0.15, 0.2) is 39.5 Å². The van der Waals surface area contributed by atoms with Crippen LogP contribution < -0.4 is 16.3 Å². The van der Waals surface area contributed by atoms with E-state index in [1.807, 2.05) is 12.1 Å². The molecule has 0 bridgehead atoms. The van der Waals surface area contributed by atoms with Gasteiger partial charge in [-0.1, -0.05) is 24.6 Å². The van der Waals surface area contributed by atoms with E-state index in [9.17, 15) is 9.59 Å². The molecule has 1 atom stereocenters. The summed E-state index contributed by atoms with van der Waals surface area (Å²) >= 11 is 0. The summed E-state index contributed by atoms with van der Waals surface area (Å²) in [5.74, 6) is -0.358.